The van der Waals surface area contributed by atoms with Gasteiger partial charge in [-0.25, -0.2) is 0 Å². The van der Waals surface area contributed by atoms with Crippen molar-refractivity contribution in [3.63, 3.8) is 0 Å². The number of fused-ring (bicyclic) bond motifs is 1. The minimum absolute atomic E-state index is 0.585. The number of rotatable bonds is 1. The summed E-state index contributed by atoms with van der Waals surface area (Å²) in [7, 11) is 0. The molecule has 0 radical (unpaired) electrons. The van der Waals surface area contributed by atoms with Crippen molar-refractivity contribution >= 4 is 15.9 Å². The highest BCUT2D eigenvalue weighted by Crippen LogP contribution is 2.39. The normalized spacial score (nSPS) is 23.5. The van der Waals surface area contributed by atoms with Gasteiger partial charge >= 0.3 is 0 Å². The van der Waals surface area contributed by atoms with Gasteiger partial charge in [-0.2, -0.15) is 0 Å². The first-order chi connectivity index (χ1) is 8.34. The van der Waals surface area contributed by atoms with Crippen molar-refractivity contribution in [3.05, 3.63) is 22.2 Å². The summed E-state index contributed by atoms with van der Waals surface area (Å²) < 4.78 is 12.5. The first kappa shape index (κ1) is 11.4. The average molecular weight is 298 g/mol. The summed E-state index contributed by atoms with van der Waals surface area (Å²) in [6.07, 6.45) is 2.14. The largest absolute Gasteiger partial charge is 0.490 e. The highest BCUT2D eigenvalue weighted by Gasteiger charge is 2.22. The SMILES string of the molecule is Brc1cc2c(cc1C1CCNC1)OCCCO2. The van der Waals surface area contributed by atoms with Crippen LogP contribution in [0.15, 0.2) is 16.6 Å². The summed E-state index contributed by atoms with van der Waals surface area (Å²) in [5.74, 6) is 2.35. The fraction of sp³-hybridized carbons (Fsp3) is 0.538. The van der Waals surface area contributed by atoms with E-state index >= 15 is 0 Å². The predicted octanol–water partition coefficient (Wildman–Crippen LogP) is 2.69. The fourth-order valence-electron chi connectivity index (χ4n) is 2.43. The van der Waals surface area contributed by atoms with Crippen molar-refractivity contribution in [2.75, 3.05) is 26.3 Å². The van der Waals surface area contributed by atoms with Crippen molar-refractivity contribution in [2.24, 2.45) is 0 Å². The molecule has 1 fully saturated rings. The molecule has 0 amide bonds. The molecule has 1 N–H and O–H groups in total. The molecule has 17 heavy (non-hydrogen) atoms. The zero-order valence-corrected chi connectivity index (χ0v) is 11.3. The van der Waals surface area contributed by atoms with Gasteiger partial charge in [-0.15, -0.1) is 0 Å². The van der Waals surface area contributed by atoms with E-state index in [1.807, 2.05) is 6.07 Å². The van der Waals surface area contributed by atoms with Crippen LogP contribution >= 0.6 is 15.9 Å². The maximum Gasteiger partial charge on any atom is 0.162 e. The Morgan fingerprint density at radius 1 is 1.18 bits per heavy atom. The van der Waals surface area contributed by atoms with Gasteiger partial charge in [0.1, 0.15) is 0 Å². The molecule has 2 aliphatic heterocycles. The molecule has 3 nitrogen and oxygen atoms in total. The Morgan fingerprint density at radius 2 is 1.94 bits per heavy atom. The average Bonchev–Trinajstić information content (AvgIpc) is 2.75. The van der Waals surface area contributed by atoms with Crippen LogP contribution in [-0.2, 0) is 0 Å². The second kappa shape index (κ2) is 4.86. The monoisotopic (exact) mass is 297 g/mol. The quantitative estimate of drug-likeness (QED) is 0.864. The molecule has 1 saturated heterocycles. The molecule has 0 spiro atoms. The molecule has 2 heterocycles. The van der Waals surface area contributed by atoms with Crippen molar-refractivity contribution in [3.8, 4) is 11.5 Å². The van der Waals surface area contributed by atoms with Crippen molar-refractivity contribution < 1.29 is 9.47 Å². The highest BCUT2D eigenvalue weighted by molar-refractivity contribution is 9.10. The summed E-state index contributed by atoms with van der Waals surface area (Å²) in [5, 5.41) is 3.40. The molecule has 1 aromatic rings. The number of benzene rings is 1. The summed E-state index contributed by atoms with van der Waals surface area (Å²) in [5.41, 5.74) is 1.33. The van der Waals surface area contributed by atoms with E-state index in [-0.39, 0.29) is 0 Å². The Hall–Kier alpha value is -0.740. The van der Waals surface area contributed by atoms with Gasteiger partial charge < -0.3 is 14.8 Å². The topological polar surface area (TPSA) is 30.5 Å². The first-order valence-electron chi connectivity index (χ1n) is 6.14. The number of halogens is 1. The van der Waals surface area contributed by atoms with E-state index in [1.54, 1.807) is 0 Å². The van der Waals surface area contributed by atoms with Crippen molar-refractivity contribution in [1.82, 2.24) is 5.32 Å². The minimum atomic E-state index is 0.585. The highest BCUT2D eigenvalue weighted by atomic mass is 79.9. The van der Waals surface area contributed by atoms with E-state index in [2.05, 4.69) is 27.3 Å². The predicted molar refractivity (Wildman–Crippen MR) is 70.0 cm³/mol. The van der Waals surface area contributed by atoms with Crippen molar-refractivity contribution in [2.45, 2.75) is 18.8 Å². The van der Waals surface area contributed by atoms with Crippen molar-refractivity contribution in [1.29, 1.82) is 0 Å². The van der Waals surface area contributed by atoms with Gasteiger partial charge in [0.2, 0.25) is 0 Å². The second-order valence-electron chi connectivity index (χ2n) is 4.56. The maximum atomic E-state index is 5.74. The standard InChI is InChI=1S/C13H16BrNO2/c14-11-7-13-12(16-4-1-5-17-13)6-10(11)9-2-3-15-8-9/h6-7,9,15H,1-5,8H2. The lowest BCUT2D eigenvalue weighted by Crippen LogP contribution is -2.08. The summed E-state index contributed by atoms with van der Waals surface area (Å²) in [6.45, 7) is 3.64. The molecule has 1 atom stereocenters. The zero-order valence-electron chi connectivity index (χ0n) is 9.67. The summed E-state index contributed by atoms with van der Waals surface area (Å²) in [4.78, 5) is 0. The molecule has 0 aromatic heterocycles. The van der Waals surface area contributed by atoms with Gasteiger partial charge in [-0.3, -0.25) is 0 Å². The molecule has 1 unspecified atom stereocenters. The zero-order chi connectivity index (χ0) is 11.7. The molecule has 1 aromatic carbocycles. The Balaban J connectivity index is 1.96. The molecular formula is C13H16BrNO2. The molecule has 0 bridgehead atoms. The van der Waals surface area contributed by atoms with Gasteiger partial charge in [0, 0.05) is 17.4 Å². The van der Waals surface area contributed by atoms with E-state index in [0.29, 0.717) is 5.92 Å². The number of ether oxygens (including phenoxy) is 2. The molecule has 2 aliphatic rings. The van der Waals surface area contributed by atoms with Crippen LogP contribution in [-0.4, -0.2) is 26.3 Å². The summed E-state index contributed by atoms with van der Waals surface area (Å²) in [6, 6.07) is 4.19. The summed E-state index contributed by atoms with van der Waals surface area (Å²) >= 11 is 3.65. The third kappa shape index (κ3) is 2.29. The van der Waals surface area contributed by atoms with Crippen LogP contribution in [0.4, 0.5) is 0 Å². The minimum Gasteiger partial charge on any atom is -0.490 e. The van der Waals surface area contributed by atoms with Crippen LogP contribution in [0, 0.1) is 0 Å². The van der Waals surface area contributed by atoms with Gasteiger partial charge in [0.15, 0.2) is 11.5 Å². The Labute approximate surface area is 110 Å². The molecule has 0 saturated carbocycles. The van der Waals surface area contributed by atoms with E-state index in [4.69, 9.17) is 9.47 Å². The molecule has 3 rings (SSSR count). The molecule has 4 heteroatoms. The van der Waals surface area contributed by atoms with Crippen LogP contribution in [0.5, 0.6) is 11.5 Å². The van der Waals surface area contributed by atoms with Gasteiger partial charge in [0.05, 0.1) is 13.2 Å². The Morgan fingerprint density at radius 3 is 2.65 bits per heavy atom. The lowest BCUT2D eigenvalue weighted by atomic mass is 9.98. The van der Waals surface area contributed by atoms with Gasteiger partial charge in [0.25, 0.3) is 0 Å². The molecule has 0 aliphatic carbocycles. The first-order valence-corrected chi connectivity index (χ1v) is 6.93. The van der Waals surface area contributed by atoms with E-state index in [1.165, 1.54) is 12.0 Å². The van der Waals surface area contributed by atoms with Gasteiger partial charge in [-0.05, 0) is 36.6 Å². The maximum absolute atomic E-state index is 5.74. The smallest absolute Gasteiger partial charge is 0.162 e. The Kier molecular flexibility index (Phi) is 3.25. The number of hydrogen-bond donors (Lipinski definition) is 1. The van der Waals surface area contributed by atoms with Crippen LogP contribution in [0.2, 0.25) is 0 Å². The van der Waals surface area contributed by atoms with Gasteiger partial charge in [-0.1, -0.05) is 15.9 Å². The lowest BCUT2D eigenvalue weighted by molar-refractivity contribution is 0.297. The molecular weight excluding hydrogens is 282 g/mol. The third-order valence-electron chi connectivity index (χ3n) is 3.37. The molecule has 92 valence electrons. The van der Waals surface area contributed by atoms with Crippen LogP contribution in [0.1, 0.15) is 24.3 Å². The third-order valence-corrected chi connectivity index (χ3v) is 4.05. The van der Waals surface area contributed by atoms with Crippen LogP contribution in [0.25, 0.3) is 0 Å². The number of hydrogen-bond acceptors (Lipinski definition) is 3. The Bertz CT molecular complexity index is 416. The van der Waals surface area contributed by atoms with E-state index in [9.17, 15) is 0 Å². The lowest BCUT2D eigenvalue weighted by Gasteiger charge is -2.15. The van der Waals surface area contributed by atoms with E-state index < -0.39 is 0 Å². The number of nitrogens with one attached hydrogen (secondary N) is 1. The van der Waals surface area contributed by atoms with Crippen LogP contribution < -0.4 is 14.8 Å². The second-order valence-corrected chi connectivity index (χ2v) is 5.41. The van der Waals surface area contributed by atoms with Crippen LogP contribution in [0.3, 0.4) is 0 Å². The van der Waals surface area contributed by atoms with E-state index in [0.717, 1.165) is 48.7 Å². The fourth-order valence-corrected chi connectivity index (χ4v) is 3.08.